The second kappa shape index (κ2) is 5.29. The van der Waals surface area contributed by atoms with E-state index in [1.165, 1.54) is 17.7 Å². The fraction of sp³-hybridized carbons (Fsp3) is 0.636. The maximum absolute atomic E-state index is 11.9. The summed E-state index contributed by atoms with van der Waals surface area (Å²) < 4.78 is 12.2. The molecule has 0 aromatic carbocycles. The Labute approximate surface area is 99.6 Å². The zero-order chi connectivity index (χ0) is 12.3. The molecule has 1 aromatic heterocycles. The standard InChI is InChI=1S/C11H17N3O3/c1-8-5-10(15)14(11(13-8)16-2)7-9-6-12-3-4-17-9/h5,9,12H,3-4,6-7H2,1-2H3. The van der Waals surface area contributed by atoms with E-state index in [4.69, 9.17) is 9.47 Å². The van der Waals surface area contributed by atoms with Crippen molar-refractivity contribution >= 4 is 0 Å². The Morgan fingerprint density at radius 2 is 2.53 bits per heavy atom. The number of aromatic nitrogens is 2. The van der Waals surface area contributed by atoms with Gasteiger partial charge in [0, 0.05) is 24.8 Å². The van der Waals surface area contributed by atoms with Crippen molar-refractivity contribution in [1.29, 1.82) is 0 Å². The average molecular weight is 239 g/mol. The summed E-state index contributed by atoms with van der Waals surface area (Å²) in [7, 11) is 1.51. The van der Waals surface area contributed by atoms with Crippen LogP contribution in [0, 0.1) is 6.92 Å². The number of hydrogen-bond donors (Lipinski definition) is 1. The molecule has 0 amide bonds. The smallest absolute Gasteiger partial charge is 0.299 e. The van der Waals surface area contributed by atoms with E-state index in [1.54, 1.807) is 6.92 Å². The predicted molar refractivity (Wildman–Crippen MR) is 62.4 cm³/mol. The number of rotatable bonds is 3. The Kier molecular flexibility index (Phi) is 3.75. The number of nitrogens with zero attached hydrogens (tertiary/aromatic N) is 2. The molecule has 17 heavy (non-hydrogen) atoms. The highest BCUT2D eigenvalue weighted by atomic mass is 16.5. The van der Waals surface area contributed by atoms with Gasteiger partial charge in [-0.2, -0.15) is 0 Å². The normalized spacial score (nSPS) is 20.2. The van der Waals surface area contributed by atoms with Crippen LogP contribution in [0.5, 0.6) is 6.01 Å². The van der Waals surface area contributed by atoms with Crippen LogP contribution in [0.3, 0.4) is 0 Å². The number of methoxy groups -OCH3 is 1. The van der Waals surface area contributed by atoms with Crippen molar-refractivity contribution in [1.82, 2.24) is 14.9 Å². The molecule has 94 valence electrons. The number of nitrogens with one attached hydrogen (secondary N) is 1. The van der Waals surface area contributed by atoms with Crippen LogP contribution >= 0.6 is 0 Å². The fourth-order valence-electron chi connectivity index (χ4n) is 1.86. The molecule has 1 aromatic rings. The Morgan fingerprint density at radius 3 is 3.18 bits per heavy atom. The van der Waals surface area contributed by atoms with Crippen LogP contribution in [0.25, 0.3) is 0 Å². The van der Waals surface area contributed by atoms with Gasteiger partial charge in [-0.15, -0.1) is 0 Å². The van der Waals surface area contributed by atoms with Crippen LogP contribution in [-0.4, -0.2) is 42.5 Å². The van der Waals surface area contributed by atoms with Crippen LogP contribution < -0.4 is 15.6 Å². The first-order chi connectivity index (χ1) is 8.20. The van der Waals surface area contributed by atoms with Gasteiger partial charge in [-0.05, 0) is 6.92 Å². The van der Waals surface area contributed by atoms with Crippen molar-refractivity contribution in [2.24, 2.45) is 0 Å². The molecular weight excluding hydrogens is 222 g/mol. The molecule has 1 saturated heterocycles. The summed E-state index contributed by atoms with van der Waals surface area (Å²) in [6.07, 6.45) is -0.0140. The minimum absolute atomic E-state index is 0.0140. The molecule has 1 aliphatic heterocycles. The van der Waals surface area contributed by atoms with Gasteiger partial charge in [-0.3, -0.25) is 9.36 Å². The van der Waals surface area contributed by atoms with E-state index in [0.717, 1.165) is 13.1 Å². The van der Waals surface area contributed by atoms with E-state index in [0.29, 0.717) is 24.9 Å². The minimum Gasteiger partial charge on any atom is -0.468 e. The molecule has 1 unspecified atom stereocenters. The quantitative estimate of drug-likeness (QED) is 0.774. The van der Waals surface area contributed by atoms with Crippen molar-refractivity contribution in [3.8, 4) is 6.01 Å². The lowest BCUT2D eigenvalue weighted by atomic mass is 10.3. The summed E-state index contributed by atoms with van der Waals surface area (Å²) in [4.78, 5) is 16.0. The summed E-state index contributed by atoms with van der Waals surface area (Å²) in [5.74, 6) is 0. The molecule has 1 N–H and O–H groups in total. The van der Waals surface area contributed by atoms with Gasteiger partial charge < -0.3 is 14.8 Å². The molecule has 0 radical (unpaired) electrons. The van der Waals surface area contributed by atoms with Gasteiger partial charge in [0.2, 0.25) is 0 Å². The zero-order valence-corrected chi connectivity index (χ0v) is 10.1. The summed E-state index contributed by atoms with van der Waals surface area (Å²) >= 11 is 0. The van der Waals surface area contributed by atoms with Gasteiger partial charge in [-0.1, -0.05) is 0 Å². The third-order valence-electron chi connectivity index (χ3n) is 2.67. The van der Waals surface area contributed by atoms with Crippen LogP contribution in [0.4, 0.5) is 0 Å². The van der Waals surface area contributed by atoms with Crippen molar-refractivity contribution in [3.05, 3.63) is 22.1 Å². The van der Waals surface area contributed by atoms with E-state index >= 15 is 0 Å². The molecule has 2 heterocycles. The van der Waals surface area contributed by atoms with Gasteiger partial charge in [0.1, 0.15) is 0 Å². The first-order valence-electron chi connectivity index (χ1n) is 5.65. The van der Waals surface area contributed by atoms with Crippen LogP contribution in [-0.2, 0) is 11.3 Å². The number of aryl methyl sites for hydroxylation is 1. The second-order valence-electron chi connectivity index (χ2n) is 4.03. The van der Waals surface area contributed by atoms with Gasteiger partial charge in [0.15, 0.2) is 0 Å². The predicted octanol–water partition coefficient (Wildman–Crippen LogP) is -0.451. The Morgan fingerprint density at radius 1 is 1.71 bits per heavy atom. The first kappa shape index (κ1) is 12.1. The lowest BCUT2D eigenvalue weighted by molar-refractivity contribution is 0.0160. The molecule has 1 atom stereocenters. The van der Waals surface area contributed by atoms with Crippen molar-refractivity contribution in [2.75, 3.05) is 26.8 Å². The molecule has 1 aliphatic rings. The summed E-state index contributed by atoms with van der Waals surface area (Å²) in [5, 5.41) is 3.22. The average Bonchev–Trinajstić information content (AvgIpc) is 2.33. The number of hydrogen-bond acceptors (Lipinski definition) is 5. The van der Waals surface area contributed by atoms with E-state index in [1.807, 2.05) is 0 Å². The second-order valence-corrected chi connectivity index (χ2v) is 4.03. The molecular formula is C11H17N3O3. The van der Waals surface area contributed by atoms with Crippen LogP contribution in [0.2, 0.25) is 0 Å². The summed E-state index contributed by atoms with van der Waals surface area (Å²) in [5.41, 5.74) is 0.550. The van der Waals surface area contributed by atoms with Gasteiger partial charge in [0.05, 0.1) is 26.4 Å². The molecule has 0 spiro atoms. The Hall–Kier alpha value is -1.40. The van der Waals surface area contributed by atoms with Gasteiger partial charge in [-0.25, -0.2) is 4.98 Å². The van der Waals surface area contributed by atoms with E-state index in [-0.39, 0.29) is 11.7 Å². The van der Waals surface area contributed by atoms with Gasteiger partial charge in [0.25, 0.3) is 11.6 Å². The maximum Gasteiger partial charge on any atom is 0.299 e. The Balaban J connectivity index is 2.21. The third-order valence-corrected chi connectivity index (χ3v) is 2.67. The summed E-state index contributed by atoms with van der Waals surface area (Å²) in [6, 6.07) is 1.84. The van der Waals surface area contributed by atoms with E-state index in [2.05, 4.69) is 10.3 Å². The summed E-state index contributed by atoms with van der Waals surface area (Å²) in [6.45, 7) is 4.49. The van der Waals surface area contributed by atoms with Crippen molar-refractivity contribution < 1.29 is 9.47 Å². The molecule has 0 bridgehead atoms. The molecule has 0 saturated carbocycles. The monoisotopic (exact) mass is 239 g/mol. The molecule has 0 aliphatic carbocycles. The third kappa shape index (κ3) is 2.83. The highest BCUT2D eigenvalue weighted by Gasteiger charge is 2.17. The lowest BCUT2D eigenvalue weighted by Gasteiger charge is -2.24. The number of morpholine rings is 1. The van der Waals surface area contributed by atoms with E-state index in [9.17, 15) is 4.79 Å². The SMILES string of the molecule is COc1nc(C)cc(=O)n1CC1CNCCO1. The van der Waals surface area contributed by atoms with Crippen molar-refractivity contribution in [2.45, 2.75) is 19.6 Å². The molecule has 6 heteroatoms. The largest absolute Gasteiger partial charge is 0.468 e. The van der Waals surface area contributed by atoms with Crippen LogP contribution in [0.15, 0.2) is 10.9 Å². The van der Waals surface area contributed by atoms with Crippen LogP contribution in [0.1, 0.15) is 5.69 Å². The molecule has 2 rings (SSSR count). The zero-order valence-electron chi connectivity index (χ0n) is 10.1. The maximum atomic E-state index is 11.9. The fourth-order valence-corrected chi connectivity index (χ4v) is 1.86. The minimum atomic E-state index is -0.108. The highest BCUT2D eigenvalue weighted by Crippen LogP contribution is 2.07. The lowest BCUT2D eigenvalue weighted by Crippen LogP contribution is -2.42. The van der Waals surface area contributed by atoms with E-state index < -0.39 is 0 Å². The highest BCUT2D eigenvalue weighted by molar-refractivity contribution is 5.07. The molecule has 1 fully saturated rings. The molecule has 6 nitrogen and oxygen atoms in total. The topological polar surface area (TPSA) is 65.4 Å². The first-order valence-corrected chi connectivity index (χ1v) is 5.65. The number of ether oxygens (including phenoxy) is 2. The Bertz CT molecular complexity index is 438. The van der Waals surface area contributed by atoms with Crippen molar-refractivity contribution in [3.63, 3.8) is 0 Å². The van der Waals surface area contributed by atoms with Gasteiger partial charge >= 0.3 is 0 Å².